The van der Waals surface area contributed by atoms with Gasteiger partial charge in [0.05, 0.1) is 0 Å². The summed E-state index contributed by atoms with van der Waals surface area (Å²) in [6, 6.07) is 1.44. The summed E-state index contributed by atoms with van der Waals surface area (Å²) in [6.45, 7) is 12.2. The maximum atomic E-state index is 5.47. The second kappa shape index (κ2) is 8.90. The van der Waals surface area contributed by atoms with E-state index in [1.54, 1.807) is 0 Å². The largest absolute Gasteiger partial charge is 0.381 e. The predicted octanol–water partition coefficient (Wildman–Crippen LogP) is 2.27. The van der Waals surface area contributed by atoms with E-state index in [0.717, 1.165) is 38.6 Å². The lowest BCUT2D eigenvalue weighted by atomic mass is 10.0. The van der Waals surface area contributed by atoms with E-state index in [9.17, 15) is 0 Å². The molecule has 0 radical (unpaired) electrons. The Labute approximate surface area is 107 Å². The smallest absolute Gasteiger partial charge is 0.0478 e. The highest BCUT2D eigenvalue weighted by molar-refractivity contribution is 4.78. The molecule has 0 saturated carbocycles. The normalized spacial score (nSPS) is 19.1. The predicted molar refractivity (Wildman–Crippen MR) is 73.5 cm³/mol. The lowest BCUT2D eigenvalue weighted by molar-refractivity contribution is 0.128. The van der Waals surface area contributed by atoms with E-state index in [0.29, 0.717) is 6.04 Å². The van der Waals surface area contributed by atoms with Gasteiger partial charge in [0.2, 0.25) is 0 Å². The first kappa shape index (κ1) is 14.9. The molecule has 1 aliphatic heterocycles. The van der Waals surface area contributed by atoms with E-state index in [1.807, 2.05) is 0 Å². The van der Waals surface area contributed by atoms with Crippen LogP contribution in [-0.2, 0) is 4.74 Å². The minimum atomic E-state index is 0.707. The van der Waals surface area contributed by atoms with Crippen LogP contribution in [0.15, 0.2) is 0 Å². The third-order valence-electron chi connectivity index (χ3n) is 3.51. The van der Waals surface area contributed by atoms with Crippen molar-refractivity contribution < 1.29 is 4.74 Å². The molecule has 1 N–H and O–H groups in total. The van der Waals surface area contributed by atoms with Crippen LogP contribution in [0.4, 0.5) is 0 Å². The van der Waals surface area contributed by atoms with E-state index in [2.05, 4.69) is 31.0 Å². The number of hydrogen-bond acceptors (Lipinski definition) is 3. The summed E-state index contributed by atoms with van der Waals surface area (Å²) in [5, 5.41) is 3.65. The monoisotopic (exact) mass is 242 g/mol. The fourth-order valence-corrected chi connectivity index (χ4v) is 2.35. The second-order valence-electron chi connectivity index (χ2n) is 5.32. The molecule has 0 atom stereocenters. The number of rotatable bonds is 8. The number of likely N-dealkylation sites (tertiary alicyclic amines) is 1. The highest BCUT2D eigenvalue weighted by Crippen LogP contribution is 2.12. The number of nitrogens with one attached hydrogen (secondary N) is 1. The second-order valence-corrected chi connectivity index (χ2v) is 5.32. The Balaban J connectivity index is 1.95. The minimum Gasteiger partial charge on any atom is -0.381 e. The minimum absolute atomic E-state index is 0.707. The lowest BCUT2D eigenvalue weighted by Crippen LogP contribution is -2.45. The Morgan fingerprint density at radius 3 is 2.53 bits per heavy atom. The molecule has 0 unspecified atom stereocenters. The van der Waals surface area contributed by atoms with Gasteiger partial charge in [0.15, 0.2) is 0 Å². The zero-order valence-electron chi connectivity index (χ0n) is 11.9. The highest BCUT2D eigenvalue weighted by atomic mass is 16.5. The number of hydrogen-bond donors (Lipinski definition) is 1. The lowest BCUT2D eigenvalue weighted by Gasteiger charge is -2.35. The third-order valence-corrected chi connectivity index (χ3v) is 3.51. The van der Waals surface area contributed by atoms with Crippen LogP contribution in [0.2, 0.25) is 0 Å². The van der Waals surface area contributed by atoms with E-state index >= 15 is 0 Å². The fraction of sp³-hybridized carbons (Fsp3) is 1.00. The number of nitrogens with zero attached hydrogens (tertiary/aromatic N) is 1. The van der Waals surface area contributed by atoms with Crippen molar-refractivity contribution in [1.29, 1.82) is 0 Å². The maximum absolute atomic E-state index is 5.47. The van der Waals surface area contributed by atoms with Crippen LogP contribution in [0, 0.1) is 0 Å². The van der Waals surface area contributed by atoms with Crippen LogP contribution >= 0.6 is 0 Å². The average Bonchev–Trinajstić information content (AvgIpc) is 2.34. The van der Waals surface area contributed by atoms with Gasteiger partial charge < -0.3 is 15.0 Å². The molecule has 0 spiro atoms. The topological polar surface area (TPSA) is 24.5 Å². The van der Waals surface area contributed by atoms with E-state index in [4.69, 9.17) is 4.74 Å². The SMILES string of the molecule is CCCOCCCNC1CCN(C(C)C)CC1. The van der Waals surface area contributed by atoms with Gasteiger partial charge >= 0.3 is 0 Å². The fourth-order valence-electron chi connectivity index (χ4n) is 2.35. The van der Waals surface area contributed by atoms with Crippen molar-refractivity contribution in [2.45, 2.75) is 58.5 Å². The van der Waals surface area contributed by atoms with Gasteiger partial charge in [-0.3, -0.25) is 0 Å². The Hall–Kier alpha value is -0.120. The standard InChI is InChI=1S/C14H30N2O/c1-4-11-17-12-5-8-15-14-6-9-16(10-7-14)13(2)3/h13-15H,4-12H2,1-3H3. The van der Waals surface area contributed by atoms with Gasteiger partial charge in [-0.1, -0.05) is 6.92 Å². The average molecular weight is 242 g/mol. The molecule has 102 valence electrons. The highest BCUT2D eigenvalue weighted by Gasteiger charge is 2.19. The molecule has 0 aromatic carbocycles. The Bertz CT molecular complexity index is 177. The molecule has 17 heavy (non-hydrogen) atoms. The van der Waals surface area contributed by atoms with Gasteiger partial charge in [-0.25, -0.2) is 0 Å². The Kier molecular flexibility index (Phi) is 7.82. The van der Waals surface area contributed by atoms with Crippen molar-refractivity contribution in [3.05, 3.63) is 0 Å². The quantitative estimate of drug-likeness (QED) is 0.661. The van der Waals surface area contributed by atoms with Crippen LogP contribution in [-0.4, -0.2) is 49.8 Å². The molecule has 1 rings (SSSR count). The van der Waals surface area contributed by atoms with Crippen molar-refractivity contribution in [2.24, 2.45) is 0 Å². The molecule has 0 amide bonds. The van der Waals surface area contributed by atoms with Crippen molar-refractivity contribution in [3.8, 4) is 0 Å². The van der Waals surface area contributed by atoms with Crippen LogP contribution in [0.1, 0.15) is 46.5 Å². The summed E-state index contributed by atoms with van der Waals surface area (Å²) in [6.07, 6.45) is 4.87. The summed E-state index contributed by atoms with van der Waals surface area (Å²) >= 11 is 0. The van der Waals surface area contributed by atoms with E-state index in [-0.39, 0.29) is 0 Å². The van der Waals surface area contributed by atoms with E-state index in [1.165, 1.54) is 25.9 Å². The summed E-state index contributed by atoms with van der Waals surface area (Å²) in [5.74, 6) is 0. The zero-order chi connectivity index (χ0) is 12.5. The molecular formula is C14H30N2O. The van der Waals surface area contributed by atoms with Gasteiger partial charge in [-0.2, -0.15) is 0 Å². The summed E-state index contributed by atoms with van der Waals surface area (Å²) in [7, 11) is 0. The number of piperidine rings is 1. The Morgan fingerprint density at radius 2 is 1.94 bits per heavy atom. The molecular weight excluding hydrogens is 212 g/mol. The zero-order valence-corrected chi connectivity index (χ0v) is 11.9. The molecule has 0 aromatic heterocycles. The third kappa shape index (κ3) is 6.39. The van der Waals surface area contributed by atoms with Crippen molar-refractivity contribution in [3.63, 3.8) is 0 Å². The van der Waals surface area contributed by atoms with Crippen molar-refractivity contribution in [2.75, 3.05) is 32.8 Å². The van der Waals surface area contributed by atoms with Crippen LogP contribution < -0.4 is 5.32 Å². The van der Waals surface area contributed by atoms with Crippen LogP contribution in [0.3, 0.4) is 0 Å². The van der Waals surface area contributed by atoms with Crippen molar-refractivity contribution in [1.82, 2.24) is 10.2 Å². The first-order valence-corrected chi connectivity index (χ1v) is 7.29. The van der Waals surface area contributed by atoms with Gasteiger partial charge in [-0.15, -0.1) is 0 Å². The van der Waals surface area contributed by atoms with Gasteiger partial charge in [0.1, 0.15) is 0 Å². The van der Waals surface area contributed by atoms with E-state index < -0.39 is 0 Å². The molecule has 3 heteroatoms. The number of ether oxygens (including phenoxy) is 1. The first-order chi connectivity index (χ1) is 8.24. The molecule has 1 aliphatic rings. The van der Waals surface area contributed by atoms with Crippen LogP contribution in [0.5, 0.6) is 0 Å². The van der Waals surface area contributed by atoms with Gasteiger partial charge in [-0.05, 0) is 59.2 Å². The summed E-state index contributed by atoms with van der Waals surface area (Å²) in [5.41, 5.74) is 0. The molecule has 0 aromatic rings. The van der Waals surface area contributed by atoms with Crippen LogP contribution in [0.25, 0.3) is 0 Å². The van der Waals surface area contributed by atoms with Gasteiger partial charge in [0, 0.05) is 25.3 Å². The molecule has 0 aliphatic carbocycles. The van der Waals surface area contributed by atoms with Crippen molar-refractivity contribution >= 4 is 0 Å². The first-order valence-electron chi connectivity index (χ1n) is 7.29. The Morgan fingerprint density at radius 1 is 1.24 bits per heavy atom. The molecule has 1 saturated heterocycles. The molecule has 0 bridgehead atoms. The molecule has 1 heterocycles. The maximum Gasteiger partial charge on any atom is 0.0478 e. The van der Waals surface area contributed by atoms with Gasteiger partial charge in [0.25, 0.3) is 0 Å². The summed E-state index contributed by atoms with van der Waals surface area (Å²) in [4.78, 5) is 2.57. The summed E-state index contributed by atoms with van der Waals surface area (Å²) < 4.78 is 5.47. The molecule has 1 fully saturated rings. The molecule has 3 nitrogen and oxygen atoms in total.